The minimum absolute atomic E-state index is 0.0360. The minimum atomic E-state index is -0.0360. The zero-order chi connectivity index (χ0) is 22.7. The first kappa shape index (κ1) is 22.9. The molecule has 0 saturated carbocycles. The summed E-state index contributed by atoms with van der Waals surface area (Å²) in [4.78, 5) is 29.1. The molecule has 0 aliphatic carbocycles. The Kier molecular flexibility index (Phi) is 7.25. The van der Waals surface area contributed by atoms with E-state index in [0.717, 1.165) is 38.6 Å². The number of thioether (sulfide) groups is 1. The van der Waals surface area contributed by atoms with Crippen molar-refractivity contribution in [3.63, 3.8) is 0 Å². The number of hydrogen-bond acceptors (Lipinski definition) is 7. The fraction of sp³-hybridized carbons (Fsp3) is 0.292. The van der Waals surface area contributed by atoms with E-state index < -0.39 is 0 Å². The molecule has 1 amide bonds. The van der Waals surface area contributed by atoms with E-state index in [9.17, 15) is 4.79 Å². The molecule has 0 bridgehead atoms. The summed E-state index contributed by atoms with van der Waals surface area (Å²) < 4.78 is 0. The molecule has 5 nitrogen and oxygen atoms in total. The van der Waals surface area contributed by atoms with Crippen LogP contribution in [-0.4, -0.2) is 59.1 Å². The third-order valence-electron chi connectivity index (χ3n) is 5.16. The highest BCUT2D eigenvalue weighted by molar-refractivity contribution is 7.98. The maximum Gasteiger partial charge on any atom is 0.273 e. The fourth-order valence-electron chi connectivity index (χ4n) is 3.47. The van der Waals surface area contributed by atoms with Gasteiger partial charge in [-0.2, -0.15) is 0 Å². The third kappa shape index (κ3) is 5.20. The lowest BCUT2D eigenvalue weighted by atomic mass is 10.1. The van der Waals surface area contributed by atoms with Gasteiger partial charge in [-0.25, -0.2) is 9.97 Å². The molecule has 1 aromatic carbocycles. The number of fused-ring (bicyclic) bond motifs is 1. The molecule has 0 atom stereocenters. The van der Waals surface area contributed by atoms with Gasteiger partial charge in [0.25, 0.3) is 5.91 Å². The van der Waals surface area contributed by atoms with Crippen molar-refractivity contribution in [2.45, 2.75) is 18.4 Å². The first-order valence-corrected chi connectivity index (χ1v) is 13.3. The lowest BCUT2D eigenvalue weighted by Crippen LogP contribution is -2.36. The Balaban J connectivity index is 1.76. The van der Waals surface area contributed by atoms with E-state index in [4.69, 9.17) is 4.98 Å². The Morgan fingerprint density at radius 1 is 1.09 bits per heavy atom. The van der Waals surface area contributed by atoms with E-state index in [1.165, 1.54) is 16.2 Å². The highest BCUT2D eigenvalue weighted by Gasteiger charge is 2.21. The summed E-state index contributed by atoms with van der Waals surface area (Å²) in [7, 11) is 4.04. The standard InChI is InChI=1S/C24H26N4OS3/c1-16-25-21(15-32-16)24(29)28(10-9-27(2)3)14-18-12-17-7-8-19(30-4)13-20(17)26-23(18)22-6-5-11-31-22/h5-8,11-13,15H,9-10,14H2,1-4H3. The molecule has 8 heteroatoms. The van der Waals surface area contributed by atoms with Crippen molar-refractivity contribution in [1.82, 2.24) is 19.8 Å². The maximum atomic E-state index is 13.4. The van der Waals surface area contributed by atoms with Crippen LogP contribution in [0.3, 0.4) is 0 Å². The van der Waals surface area contributed by atoms with Gasteiger partial charge in [-0.3, -0.25) is 4.79 Å². The van der Waals surface area contributed by atoms with Gasteiger partial charge < -0.3 is 9.80 Å². The number of nitrogens with zero attached hydrogens (tertiary/aromatic N) is 4. The van der Waals surface area contributed by atoms with Crippen LogP contribution in [0.15, 0.2) is 52.1 Å². The number of hydrogen-bond donors (Lipinski definition) is 0. The number of rotatable bonds is 8. The van der Waals surface area contributed by atoms with Crippen LogP contribution in [-0.2, 0) is 6.54 Å². The molecule has 32 heavy (non-hydrogen) atoms. The van der Waals surface area contributed by atoms with Crippen LogP contribution in [0.5, 0.6) is 0 Å². The van der Waals surface area contributed by atoms with E-state index in [2.05, 4.69) is 51.9 Å². The Hall–Kier alpha value is -2.26. The van der Waals surface area contributed by atoms with Crippen molar-refractivity contribution in [2.24, 2.45) is 0 Å². The Morgan fingerprint density at radius 2 is 1.94 bits per heavy atom. The number of thiophene rings is 1. The normalized spacial score (nSPS) is 11.4. The number of carbonyl (C=O) groups excluding carboxylic acids is 1. The van der Waals surface area contributed by atoms with Crippen LogP contribution in [0, 0.1) is 6.92 Å². The van der Waals surface area contributed by atoms with Gasteiger partial charge in [0.05, 0.1) is 21.1 Å². The van der Waals surface area contributed by atoms with Crippen LogP contribution in [0.25, 0.3) is 21.5 Å². The third-order valence-corrected chi connectivity index (χ3v) is 7.54. The van der Waals surface area contributed by atoms with Crippen molar-refractivity contribution in [3.8, 4) is 10.6 Å². The van der Waals surface area contributed by atoms with E-state index in [-0.39, 0.29) is 5.91 Å². The summed E-state index contributed by atoms with van der Waals surface area (Å²) in [5, 5.41) is 5.90. The van der Waals surface area contributed by atoms with Gasteiger partial charge in [0, 0.05) is 35.3 Å². The number of pyridine rings is 1. The summed E-state index contributed by atoms with van der Waals surface area (Å²) in [5.41, 5.74) is 3.49. The van der Waals surface area contributed by atoms with Crippen LogP contribution in [0.2, 0.25) is 0 Å². The molecule has 166 valence electrons. The van der Waals surface area contributed by atoms with Crippen molar-refractivity contribution in [2.75, 3.05) is 33.4 Å². The molecule has 0 aliphatic heterocycles. The first-order valence-electron chi connectivity index (χ1n) is 10.3. The topological polar surface area (TPSA) is 49.3 Å². The lowest BCUT2D eigenvalue weighted by Gasteiger charge is -2.25. The Labute approximate surface area is 201 Å². The molecule has 3 aromatic heterocycles. The van der Waals surface area contributed by atoms with Gasteiger partial charge in [-0.15, -0.1) is 34.4 Å². The Morgan fingerprint density at radius 3 is 2.59 bits per heavy atom. The molecule has 3 heterocycles. The largest absolute Gasteiger partial charge is 0.332 e. The number of carbonyl (C=O) groups is 1. The first-order chi connectivity index (χ1) is 15.4. The molecular weight excluding hydrogens is 456 g/mol. The second kappa shape index (κ2) is 10.1. The average molecular weight is 483 g/mol. The highest BCUT2D eigenvalue weighted by Crippen LogP contribution is 2.31. The predicted octanol–water partition coefficient (Wildman–Crippen LogP) is 5.65. The highest BCUT2D eigenvalue weighted by atomic mass is 32.2. The number of benzene rings is 1. The summed E-state index contributed by atoms with van der Waals surface area (Å²) in [5.74, 6) is -0.0360. The Bertz CT molecular complexity index is 1220. The molecule has 0 spiro atoms. The lowest BCUT2D eigenvalue weighted by molar-refractivity contribution is 0.0727. The van der Waals surface area contributed by atoms with Crippen molar-refractivity contribution < 1.29 is 4.79 Å². The maximum absolute atomic E-state index is 13.4. The zero-order valence-corrected chi connectivity index (χ0v) is 21.1. The molecule has 0 radical (unpaired) electrons. The van der Waals surface area contributed by atoms with E-state index in [1.54, 1.807) is 23.1 Å². The summed E-state index contributed by atoms with van der Waals surface area (Å²) in [6, 6.07) is 12.7. The summed E-state index contributed by atoms with van der Waals surface area (Å²) in [6.45, 7) is 3.82. The molecular formula is C24H26N4OS3. The van der Waals surface area contributed by atoms with E-state index in [0.29, 0.717) is 18.8 Å². The fourth-order valence-corrected chi connectivity index (χ4v) is 5.24. The molecule has 0 saturated heterocycles. The van der Waals surface area contributed by atoms with E-state index in [1.807, 2.05) is 37.4 Å². The summed E-state index contributed by atoms with van der Waals surface area (Å²) >= 11 is 4.89. The van der Waals surface area contributed by atoms with Crippen LogP contribution < -0.4 is 0 Å². The van der Waals surface area contributed by atoms with Crippen molar-refractivity contribution >= 4 is 51.2 Å². The molecule has 4 rings (SSSR count). The molecule has 4 aromatic rings. The van der Waals surface area contributed by atoms with Crippen LogP contribution in [0.4, 0.5) is 0 Å². The summed E-state index contributed by atoms with van der Waals surface area (Å²) in [6.07, 6.45) is 2.07. The van der Waals surface area contributed by atoms with Gasteiger partial charge in [0.15, 0.2) is 0 Å². The van der Waals surface area contributed by atoms with Gasteiger partial charge in [-0.1, -0.05) is 12.1 Å². The number of thiazole rings is 1. The van der Waals surface area contributed by atoms with Gasteiger partial charge in [0.2, 0.25) is 0 Å². The molecule has 0 unspecified atom stereocenters. The predicted molar refractivity (Wildman–Crippen MR) is 137 cm³/mol. The molecule has 0 fully saturated rings. The van der Waals surface area contributed by atoms with Crippen molar-refractivity contribution in [3.05, 3.63) is 63.4 Å². The number of aryl methyl sites for hydroxylation is 1. The van der Waals surface area contributed by atoms with Crippen molar-refractivity contribution in [1.29, 1.82) is 0 Å². The number of amides is 1. The van der Waals surface area contributed by atoms with Gasteiger partial charge in [-0.05, 0) is 62.5 Å². The van der Waals surface area contributed by atoms with E-state index >= 15 is 0 Å². The van der Waals surface area contributed by atoms with Gasteiger partial charge >= 0.3 is 0 Å². The smallest absolute Gasteiger partial charge is 0.273 e. The SMILES string of the molecule is CSc1ccc2cc(CN(CCN(C)C)C(=O)c3csc(C)n3)c(-c3cccs3)nc2c1. The second-order valence-electron chi connectivity index (χ2n) is 7.81. The number of aromatic nitrogens is 2. The monoisotopic (exact) mass is 482 g/mol. The van der Waals surface area contributed by atoms with Crippen LogP contribution in [0.1, 0.15) is 21.1 Å². The second-order valence-corrected chi connectivity index (χ2v) is 10.7. The number of likely N-dealkylation sites (N-methyl/N-ethyl adjacent to an activating group) is 1. The molecule has 0 aliphatic rings. The zero-order valence-electron chi connectivity index (χ0n) is 18.7. The minimum Gasteiger partial charge on any atom is -0.332 e. The quantitative estimate of drug-likeness (QED) is 0.304. The van der Waals surface area contributed by atoms with Crippen LogP contribution >= 0.6 is 34.4 Å². The average Bonchev–Trinajstić information content (AvgIpc) is 3.47. The van der Waals surface area contributed by atoms with Gasteiger partial charge in [0.1, 0.15) is 5.69 Å². The molecule has 0 N–H and O–H groups in total.